The van der Waals surface area contributed by atoms with Crippen LogP contribution in [-0.2, 0) is 4.74 Å². The molecule has 0 saturated carbocycles. The Morgan fingerprint density at radius 1 is 0.868 bits per heavy atom. The molecule has 4 heterocycles. The lowest BCUT2D eigenvalue weighted by Gasteiger charge is -2.40. The molecule has 0 bridgehead atoms. The van der Waals surface area contributed by atoms with E-state index in [1.165, 1.54) is 28.8 Å². The van der Waals surface area contributed by atoms with Crippen LogP contribution in [0.3, 0.4) is 0 Å². The highest BCUT2D eigenvalue weighted by Gasteiger charge is 2.46. The van der Waals surface area contributed by atoms with Gasteiger partial charge in [0.1, 0.15) is 42.7 Å². The second-order valence-corrected chi connectivity index (χ2v) is 9.54. The van der Waals surface area contributed by atoms with Crippen LogP contribution in [0.5, 0.6) is 0 Å². The number of benzene rings is 3. The smallest absolute Gasteiger partial charge is 0.259 e. The van der Waals surface area contributed by atoms with E-state index in [0.717, 1.165) is 12.1 Å². The third-order valence-corrected chi connectivity index (χ3v) is 7.49. The third kappa shape index (κ3) is 2.85. The van der Waals surface area contributed by atoms with Gasteiger partial charge in [-0.05, 0) is 36.4 Å². The minimum absolute atomic E-state index is 0.0279. The molecule has 1 fully saturated rings. The van der Waals surface area contributed by atoms with E-state index in [-0.39, 0.29) is 43.8 Å². The number of imide groups is 1. The number of carbonyl (C=O) groups is 2. The van der Waals surface area contributed by atoms with E-state index in [9.17, 15) is 38.1 Å². The number of amides is 2. The van der Waals surface area contributed by atoms with Gasteiger partial charge >= 0.3 is 0 Å². The summed E-state index contributed by atoms with van der Waals surface area (Å²) in [6.45, 7) is -1.18. The Kier molecular flexibility index (Phi) is 4.74. The fourth-order valence-electron chi connectivity index (χ4n) is 5.86. The number of aromatic nitrogens is 2. The molecule has 2 aliphatic rings. The van der Waals surface area contributed by atoms with Gasteiger partial charge in [0.2, 0.25) is 0 Å². The lowest BCUT2D eigenvalue weighted by molar-refractivity contribution is -0.245. The molecule has 5 N–H and O–H groups in total. The maximum absolute atomic E-state index is 14.5. The van der Waals surface area contributed by atoms with Crippen LogP contribution in [0.2, 0.25) is 0 Å². The van der Waals surface area contributed by atoms with Gasteiger partial charge in [-0.1, -0.05) is 0 Å². The molecule has 5 aromatic rings. The molecule has 2 aromatic heterocycles. The molecule has 0 aliphatic carbocycles. The average Bonchev–Trinajstić information content (AvgIpc) is 3.51. The summed E-state index contributed by atoms with van der Waals surface area (Å²) >= 11 is 0. The third-order valence-electron chi connectivity index (χ3n) is 7.49. The SMILES string of the molecule is O=C1NC(=O)c2c1c1c3cc(F)ccc3[nH]c1c1c2c2cc(F)ccc2n1[C@@H]1O[C@H](CF)[C@H](O)[C@H](O)[C@H]1O. The van der Waals surface area contributed by atoms with Crippen LogP contribution in [0, 0.1) is 11.6 Å². The summed E-state index contributed by atoms with van der Waals surface area (Å²) in [6.07, 6.45) is -8.28. The Morgan fingerprint density at radius 3 is 2.24 bits per heavy atom. The van der Waals surface area contributed by atoms with Crippen molar-refractivity contribution in [1.29, 1.82) is 0 Å². The number of alkyl halides is 1. The summed E-state index contributed by atoms with van der Waals surface area (Å²) in [6, 6.07) is 7.50. The zero-order chi connectivity index (χ0) is 26.6. The summed E-state index contributed by atoms with van der Waals surface area (Å²) in [4.78, 5) is 29.2. The molecule has 3 aromatic carbocycles. The molecular formula is C26H18F3N3O6. The van der Waals surface area contributed by atoms with Gasteiger partial charge in [-0.15, -0.1) is 0 Å². The van der Waals surface area contributed by atoms with Crippen LogP contribution in [0.1, 0.15) is 26.9 Å². The van der Waals surface area contributed by atoms with Crippen molar-refractivity contribution in [3.8, 4) is 0 Å². The Labute approximate surface area is 210 Å². The van der Waals surface area contributed by atoms with Crippen LogP contribution in [0.15, 0.2) is 36.4 Å². The standard InChI is InChI=1S/C26H18F3N3O6/c27-7-14-21(33)22(34)23(35)26(38-14)32-13-4-2-9(29)6-11(13)16-18-17(24(36)31-25(18)37)15-10-5-8(28)1-3-12(10)30-19(15)20(16)32/h1-6,14,21-23,26,30,33-35H,7H2,(H,31,36,37)/t14-,21+,22+,23-,26-/m1/s1. The minimum Gasteiger partial charge on any atom is -0.387 e. The first-order valence-electron chi connectivity index (χ1n) is 11.7. The van der Waals surface area contributed by atoms with Crippen molar-refractivity contribution in [2.75, 3.05) is 6.67 Å². The van der Waals surface area contributed by atoms with Crippen molar-refractivity contribution < 1.29 is 42.8 Å². The normalized spacial score (nSPS) is 25.7. The predicted molar refractivity (Wildman–Crippen MR) is 128 cm³/mol. The molecule has 7 rings (SSSR count). The molecule has 2 amide bonds. The molecule has 0 unspecified atom stereocenters. The molecule has 194 valence electrons. The number of nitrogens with zero attached hydrogens (tertiary/aromatic N) is 1. The predicted octanol–water partition coefficient (Wildman–Crippen LogP) is 2.54. The molecule has 12 heteroatoms. The fraction of sp³-hybridized carbons (Fsp3) is 0.231. The highest BCUT2D eigenvalue weighted by molar-refractivity contribution is 6.39. The molecule has 5 atom stereocenters. The fourth-order valence-corrected chi connectivity index (χ4v) is 5.86. The molecule has 2 aliphatic heterocycles. The number of hydrogen-bond acceptors (Lipinski definition) is 6. The van der Waals surface area contributed by atoms with Crippen molar-refractivity contribution in [1.82, 2.24) is 14.9 Å². The van der Waals surface area contributed by atoms with E-state index >= 15 is 0 Å². The number of carbonyl (C=O) groups excluding carboxylic acids is 2. The second kappa shape index (κ2) is 7.77. The topological polar surface area (TPSA) is 137 Å². The van der Waals surface area contributed by atoms with Crippen LogP contribution in [0.25, 0.3) is 43.6 Å². The number of fused-ring (bicyclic) bond motifs is 10. The molecule has 1 saturated heterocycles. The zero-order valence-electron chi connectivity index (χ0n) is 19.2. The van der Waals surface area contributed by atoms with E-state index in [2.05, 4.69) is 10.3 Å². The minimum atomic E-state index is -1.80. The molecule has 0 radical (unpaired) electrons. The van der Waals surface area contributed by atoms with Gasteiger partial charge < -0.3 is 29.6 Å². The van der Waals surface area contributed by atoms with Crippen molar-refractivity contribution in [2.45, 2.75) is 30.6 Å². The first-order valence-corrected chi connectivity index (χ1v) is 11.7. The lowest BCUT2D eigenvalue weighted by Crippen LogP contribution is -2.56. The quantitative estimate of drug-likeness (QED) is 0.225. The molecular weight excluding hydrogens is 507 g/mol. The van der Waals surface area contributed by atoms with E-state index < -0.39 is 60.8 Å². The van der Waals surface area contributed by atoms with Gasteiger partial charge in [0, 0.05) is 27.1 Å². The number of aromatic amines is 1. The Bertz CT molecular complexity index is 1860. The van der Waals surface area contributed by atoms with Crippen molar-refractivity contribution in [2.24, 2.45) is 0 Å². The van der Waals surface area contributed by atoms with Gasteiger partial charge in [-0.3, -0.25) is 14.9 Å². The number of ether oxygens (including phenoxy) is 1. The van der Waals surface area contributed by atoms with Crippen molar-refractivity contribution >= 4 is 55.4 Å². The number of rotatable bonds is 2. The van der Waals surface area contributed by atoms with E-state index in [4.69, 9.17) is 4.74 Å². The summed E-state index contributed by atoms with van der Waals surface area (Å²) in [5, 5.41) is 34.8. The van der Waals surface area contributed by atoms with Gasteiger partial charge in [0.05, 0.1) is 27.7 Å². The van der Waals surface area contributed by atoms with E-state index in [1.54, 1.807) is 0 Å². The summed E-state index contributed by atoms with van der Waals surface area (Å²) < 4.78 is 49.7. The summed E-state index contributed by atoms with van der Waals surface area (Å²) in [7, 11) is 0. The lowest BCUT2D eigenvalue weighted by atomic mass is 9.96. The first kappa shape index (κ1) is 23.2. The van der Waals surface area contributed by atoms with Crippen molar-refractivity contribution in [3.05, 3.63) is 59.2 Å². The molecule has 38 heavy (non-hydrogen) atoms. The maximum atomic E-state index is 14.5. The van der Waals surface area contributed by atoms with Crippen LogP contribution >= 0.6 is 0 Å². The van der Waals surface area contributed by atoms with Gasteiger partial charge in [-0.25, -0.2) is 13.2 Å². The Morgan fingerprint density at radius 2 is 1.53 bits per heavy atom. The highest BCUT2D eigenvalue weighted by Crippen LogP contribution is 2.46. The summed E-state index contributed by atoms with van der Waals surface area (Å²) in [5.41, 5.74) is 0.969. The Balaban J connectivity index is 1.72. The number of aliphatic hydroxyl groups excluding tert-OH is 3. The van der Waals surface area contributed by atoms with Crippen LogP contribution < -0.4 is 5.32 Å². The zero-order valence-corrected chi connectivity index (χ0v) is 19.2. The highest BCUT2D eigenvalue weighted by atomic mass is 19.1. The number of H-pyrrole nitrogens is 1. The van der Waals surface area contributed by atoms with E-state index in [1.807, 2.05) is 0 Å². The second-order valence-electron chi connectivity index (χ2n) is 9.54. The van der Waals surface area contributed by atoms with Crippen LogP contribution in [-0.4, -0.2) is 67.8 Å². The van der Waals surface area contributed by atoms with Gasteiger partial charge in [0.25, 0.3) is 11.8 Å². The monoisotopic (exact) mass is 525 g/mol. The summed E-state index contributed by atoms with van der Waals surface area (Å²) in [5.74, 6) is -2.72. The van der Waals surface area contributed by atoms with E-state index in [0.29, 0.717) is 10.9 Å². The van der Waals surface area contributed by atoms with Gasteiger partial charge in [-0.2, -0.15) is 0 Å². The molecule has 0 spiro atoms. The first-order chi connectivity index (χ1) is 18.2. The molecule has 9 nitrogen and oxygen atoms in total. The van der Waals surface area contributed by atoms with Gasteiger partial charge in [0.15, 0.2) is 6.23 Å². The number of hydrogen-bond donors (Lipinski definition) is 5. The maximum Gasteiger partial charge on any atom is 0.259 e. The average molecular weight is 525 g/mol. The van der Waals surface area contributed by atoms with Crippen molar-refractivity contribution in [3.63, 3.8) is 0 Å². The largest absolute Gasteiger partial charge is 0.387 e. The Hall–Kier alpha value is -3.97. The van der Waals surface area contributed by atoms with Crippen LogP contribution in [0.4, 0.5) is 13.2 Å². The number of nitrogens with one attached hydrogen (secondary N) is 2. The number of halogens is 3. The number of aliphatic hydroxyl groups is 3.